The first-order valence-electron chi connectivity index (χ1n) is 15.5. The zero-order chi connectivity index (χ0) is 32.1. The van der Waals surface area contributed by atoms with Crippen LogP contribution >= 0.6 is 28.3 Å². The number of terminal acetylenes is 1. The van der Waals surface area contributed by atoms with E-state index in [1.54, 1.807) is 18.5 Å². The van der Waals surface area contributed by atoms with Crippen LogP contribution in [0.4, 0.5) is 0 Å². The van der Waals surface area contributed by atoms with E-state index in [0.717, 1.165) is 56.9 Å². The maximum Gasteiger partial charge on any atom is 0.261 e. The smallest absolute Gasteiger partial charge is 0.261 e. The Hall–Kier alpha value is -5.09. The fourth-order valence-electron chi connectivity index (χ4n) is 6.47. The zero-order valence-electron chi connectivity index (χ0n) is 25.6. The fourth-order valence-corrected chi connectivity index (χ4v) is 6.82. The molecule has 0 spiro atoms. The molecule has 2 aliphatic heterocycles. The maximum atomic E-state index is 12.6. The van der Waals surface area contributed by atoms with E-state index in [0.29, 0.717) is 34.8 Å². The van der Waals surface area contributed by atoms with E-state index in [9.17, 15) is 9.59 Å². The highest BCUT2D eigenvalue weighted by atomic mass is 79.9. The molecule has 6 heterocycles. The summed E-state index contributed by atoms with van der Waals surface area (Å²) < 4.78 is 4.68. The lowest BCUT2D eigenvalue weighted by Gasteiger charge is -2.07. The van der Waals surface area contributed by atoms with Crippen LogP contribution in [0.2, 0.25) is 0 Å². The minimum absolute atomic E-state index is 0. The number of fused-ring (bicyclic) bond motifs is 8. The van der Waals surface area contributed by atoms with Gasteiger partial charge in [-0.05, 0) is 91.3 Å². The van der Waals surface area contributed by atoms with Crippen LogP contribution in [0.25, 0.3) is 21.8 Å². The first-order chi connectivity index (χ1) is 23.0. The monoisotopic (exact) mass is 714 g/mol. The fraction of sp³-hybridized carbons (Fsp3) is 0.211. The second-order valence-corrected chi connectivity index (χ2v) is 13.1. The summed E-state index contributed by atoms with van der Waals surface area (Å²) in [6, 6.07) is 22.4. The molecule has 10 rings (SSSR count). The van der Waals surface area contributed by atoms with Crippen LogP contribution < -0.4 is 11.1 Å². The van der Waals surface area contributed by atoms with E-state index in [-0.39, 0.29) is 23.5 Å². The third-order valence-corrected chi connectivity index (χ3v) is 9.58. The van der Waals surface area contributed by atoms with Gasteiger partial charge in [-0.25, -0.2) is 19.9 Å². The molecular weight excluding hydrogens is 688 g/mol. The molecule has 2 saturated carbocycles. The van der Waals surface area contributed by atoms with Crippen molar-refractivity contribution in [3.8, 4) is 24.2 Å². The second-order valence-electron chi connectivity index (χ2n) is 12.2. The summed E-state index contributed by atoms with van der Waals surface area (Å²) in [6.45, 7) is 1.71. The molecule has 0 N–H and O–H groups in total. The van der Waals surface area contributed by atoms with Crippen LogP contribution in [0.5, 0.6) is 0 Å². The summed E-state index contributed by atoms with van der Waals surface area (Å²) in [5.74, 6) is 12.9. The molecular formula is C38H28BrClN6O2. The van der Waals surface area contributed by atoms with Crippen molar-refractivity contribution in [2.24, 2.45) is 11.8 Å². The lowest BCUT2D eigenvalue weighted by molar-refractivity contribution is 0.642. The number of pyridine rings is 2. The Morgan fingerprint density at radius 3 is 1.81 bits per heavy atom. The van der Waals surface area contributed by atoms with Crippen LogP contribution in [0.1, 0.15) is 53.3 Å². The summed E-state index contributed by atoms with van der Waals surface area (Å²) in [4.78, 5) is 42.2. The Bertz CT molecular complexity index is 2430. The molecule has 0 radical (unpaired) electrons. The molecule has 2 fully saturated rings. The highest BCUT2D eigenvalue weighted by molar-refractivity contribution is 9.10. The van der Waals surface area contributed by atoms with Crippen LogP contribution in [0.15, 0.2) is 99.3 Å². The molecule has 4 unspecified atom stereocenters. The molecule has 4 aromatic heterocycles. The average molecular weight is 716 g/mol. The van der Waals surface area contributed by atoms with Crippen molar-refractivity contribution >= 4 is 50.1 Å². The Labute approximate surface area is 290 Å². The Balaban J connectivity index is 0.000000126. The van der Waals surface area contributed by atoms with E-state index in [2.05, 4.69) is 48.6 Å². The third-order valence-electron chi connectivity index (χ3n) is 9.09. The average Bonchev–Trinajstić information content (AvgIpc) is 4.00. The molecule has 10 heteroatoms. The molecule has 0 amide bonds. The van der Waals surface area contributed by atoms with Crippen LogP contribution in [0, 0.1) is 36.0 Å². The van der Waals surface area contributed by atoms with Crippen LogP contribution in [-0.2, 0) is 13.1 Å². The number of rotatable bonds is 0. The molecule has 8 nitrogen and oxygen atoms in total. The van der Waals surface area contributed by atoms with Crippen molar-refractivity contribution in [2.45, 2.75) is 37.8 Å². The van der Waals surface area contributed by atoms with Gasteiger partial charge >= 0.3 is 0 Å². The van der Waals surface area contributed by atoms with E-state index in [1.165, 1.54) is 12.8 Å². The third kappa shape index (κ3) is 6.04. The molecule has 4 aliphatic rings. The van der Waals surface area contributed by atoms with Gasteiger partial charge in [0.2, 0.25) is 0 Å². The highest BCUT2D eigenvalue weighted by Gasteiger charge is 2.48. The molecule has 6 aromatic rings. The van der Waals surface area contributed by atoms with Gasteiger partial charge in [0.25, 0.3) is 11.1 Å². The van der Waals surface area contributed by atoms with Gasteiger partial charge in [-0.1, -0.05) is 39.9 Å². The number of aromatic nitrogens is 6. The summed E-state index contributed by atoms with van der Waals surface area (Å²) >= 11 is 3.41. The van der Waals surface area contributed by atoms with Crippen molar-refractivity contribution in [3.05, 3.63) is 139 Å². The summed E-state index contributed by atoms with van der Waals surface area (Å²) in [7, 11) is 0. The minimum Gasteiger partial charge on any atom is -0.296 e. The molecule has 4 atom stereocenters. The predicted molar refractivity (Wildman–Crippen MR) is 191 cm³/mol. The van der Waals surface area contributed by atoms with Crippen molar-refractivity contribution in [1.82, 2.24) is 29.1 Å². The van der Waals surface area contributed by atoms with Gasteiger partial charge in [0.05, 0.1) is 21.8 Å². The van der Waals surface area contributed by atoms with Crippen molar-refractivity contribution in [1.29, 1.82) is 0 Å². The maximum absolute atomic E-state index is 12.6. The second kappa shape index (κ2) is 12.8. The normalized spacial score (nSPS) is 19.7. The molecule has 236 valence electrons. The minimum atomic E-state index is 0. The van der Waals surface area contributed by atoms with Crippen LogP contribution in [0.3, 0.4) is 0 Å². The standard InChI is InChI=1S/C19H13N3O.C12H9BrN2O.C7H5N.ClH/c23-19-15-7-5-12(4-6-14-3-1-2-8-20-14)9-17(15)21-18-16-10-13(16)11-22(18)19;13-7-1-2-8-10(4-7)14-11-9-3-6(9)5-15(11)12(8)16;1-2-7-5-3-4-6-8-7;/h1-3,5,7-9,13,16H,10-11H2;1-2,4,6,9H,3,5H2;1,3-6H;1H. The van der Waals surface area contributed by atoms with E-state index >= 15 is 0 Å². The Kier molecular flexibility index (Phi) is 8.43. The van der Waals surface area contributed by atoms with Gasteiger partial charge in [0.15, 0.2) is 0 Å². The van der Waals surface area contributed by atoms with Gasteiger partial charge < -0.3 is 0 Å². The summed E-state index contributed by atoms with van der Waals surface area (Å²) in [5.41, 5.74) is 4.05. The first kappa shape index (κ1) is 31.5. The van der Waals surface area contributed by atoms with Gasteiger partial charge in [-0.3, -0.25) is 18.7 Å². The molecule has 2 aliphatic carbocycles. The summed E-state index contributed by atoms with van der Waals surface area (Å²) in [5, 5.41) is 1.41. The SMILES string of the molecule is C#Cc1ccccn1.Cl.O=c1c2ccc(Br)cc2nc2n1CC1CC21.O=c1c2ccc(C#Cc3ccccn3)cc2nc2n1CC1CC21. The van der Waals surface area contributed by atoms with Crippen molar-refractivity contribution < 1.29 is 0 Å². The van der Waals surface area contributed by atoms with Gasteiger partial charge in [0.1, 0.15) is 23.0 Å². The van der Waals surface area contributed by atoms with E-state index in [1.807, 2.05) is 75.9 Å². The van der Waals surface area contributed by atoms with Gasteiger partial charge in [0, 0.05) is 47.4 Å². The quantitative estimate of drug-likeness (QED) is 0.177. The van der Waals surface area contributed by atoms with E-state index in [4.69, 9.17) is 11.4 Å². The lowest BCUT2D eigenvalue weighted by Crippen LogP contribution is -2.22. The highest BCUT2D eigenvalue weighted by Crippen LogP contribution is 2.52. The number of hydrogen-bond acceptors (Lipinski definition) is 6. The number of benzene rings is 2. The molecule has 2 aromatic carbocycles. The Morgan fingerprint density at radius 2 is 1.27 bits per heavy atom. The van der Waals surface area contributed by atoms with Crippen LogP contribution in [-0.4, -0.2) is 29.1 Å². The molecule has 0 bridgehead atoms. The zero-order valence-corrected chi connectivity index (χ0v) is 28.0. The number of halogens is 2. The van der Waals surface area contributed by atoms with Crippen molar-refractivity contribution in [3.63, 3.8) is 0 Å². The van der Waals surface area contributed by atoms with Gasteiger partial charge in [-0.2, -0.15) is 0 Å². The predicted octanol–water partition coefficient (Wildman–Crippen LogP) is 6.07. The first-order valence-corrected chi connectivity index (χ1v) is 16.3. The summed E-state index contributed by atoms with van der Waals surface area (Å²) in [6.07, 6.45) is 10.8. The number of hydrogen-bond donors (Lipinski definition) is 0. The molecule has 0 saturated heterocycles. The largest absolute Gasteiger partial charge is 0.296 e. The van der Waals surface area contributed by atoms with Gasteiger partial charge in [-0.15, -0.1) is 18.8 Å². The molecule has 48 heavy (non-hydrogen) atoms. The van der Waals surface area contributed by atoms with E-state index < -0.39 is 0 Å². The lowest BCUT2D eigenvalue weighted by atomic mass is 10.1. The topological polar surface area (TPSA) is 95.6 Å². The van der Waals surface area contributed by atoms with Crippen molar-refractivity contribution in [2.75, 3.05) is 0 Å². The number of nitrogens with zero attached hydrogens (tertiary/aromatic N) is 6. The Morgan fingerprint density at radius 1 is 0.708 bits per heavy atom.